The molecule has 1 aliphatic heterocycles. The van der Waals surface area contributed by atoms with Gasteiger partial charge in [-0.3, -0.25) is 4.99 Å². The van der Waals surface area contributed by atoms with Crippen LogP contribution in [-0.4, -0.2) is 36.1 Å². The molecule has 0 aliphatic carbocycles. The highest BCUT2D eigenvalue weighted by atomic mass is 16.3. The lowest BCUT2D eigenvalue weighted by molar-refractivity contribution is 0.432. The minimum atomic E-state index is 0.307. The lowest BCUT2D eigenvalue weighted by Crippen LogP contribution is -2.37. The molecule has 1 fully saturated rings. The summed E-state index contributed by atoms with van der Waals surface area (Å²) in [6.07, 6.45) is 5.41. The van der Waals surface area contributed by atoms with E-state index in [2.05, 4.69) is 16.0 Å². The third-order valence-electron chi connectivity index (χ3n) is 3.45. The van der Waals surface area contributed by atoms with E-state index in [-0.39, 0.29) is 0 Å². The Morgan fingerprint density at radius 1 is 1.26 bits per heavy atom. The summed E-state index contributed by atoms with van der Waals surface area (Å²) in [5.41, 5.74) is 8.43. The van der Waals surface area contributed by atoms with E-state index in [0.717, 1.165) is 37.9 Å². The summed E-state index contributed by atoms with van der Waals surface area (Å²) in [5, 5.41) is 9.28. The smallest absolute Gasteiger partial charge is 0.190 e. The quantitative estimate of drug-likeness (QED) is 0.600. The van der Waals surface area contributed by atoms with Crippen LogP contribution in [0.25, 0.3) is 6.08 Å². The second kappa shape index (κ2) is 6.27. The third-order valence-corrected chi connectivity index (χ3v) is 3.45. The molecular weight excluding hydrogens is 238 g/mol. The van der Waals surface area contributed by atoms with Gasteiger partial charge in [0.15, 0.2) is 5.96 Å². The highest BCUT2D eigenvalue weighted by molar-refractivity contribution is 5.78. The molecule has 4 heteroatoms. The molecule has 4 nitrogen and oxygen atoms in total. The lowest BCUT2D eigenvalue weighted by Gasteiger charge is -2.20. The van der Waals surface area contributed by atoms with Gasteiger partial charge in [-0.2, -0.15) is 0 Å². The second-order valence-corrected chi connectivity index (χ2v) is 4.82. The largest absolute Gasteiger partial charge is 0.508 e. The molecule has 0 unspecified atom stereocenters. The number of likely N-dealkylation sites (tertiary alicyclic amines) is 1. The fourth-order valence-corrected chi connectivity index (χ4v) is 2.33. The summed E-state index contributed by atoms with van der Waals surface area (Å²) >= 11 is 0. The van der Waals surface area contributed by atoms with Crippen molar-refractivity contribution in [2.24, 2.45) is 10.7 Å². The van der Waals surface area contributed by atoms with Gasteiger partial charge in [0.1, 0.15) is 5.75 Å². The van der Waals surface area contributed by atoms with Gasteiger partial charge in [0.25, 0.3) is 0 Å². The number of aromatic hydroxyl groups is 1. The molecule has 3 N–H and O–H groups in total. The van der Waals surface area contributed by atoms with Crippen molar-refractivity contribution in [3.05, 3.63) is 35.4 Å². The predicted octanol–water partition coefficient (Wildman–Crippen LogP) is 2.21. The molecule has 0 aromatic heterocycles. The SMILES string of the molecule is CN=C(N)N1CCCC(=Cc2ccc(O)cc2)CC1. The van der Waals surface area contributed by atoms with E-state index in [1.165, 1.54) is 5.57 Å². The summed E-state index contributed by atoms with van der Waals surface area (Å²) in [5.74, 6) is 0.937. The molecule has 1 heterocycles. The molecule has 0 atom stereocenters. The zero-order valence-corrected chi connectivity index (χ0v) is 11.3. The summed E-state index contributed by atoms with van der Waals surface area (Å²) in [6, 6.07) is 7.31. The Morgan fingerprint density at radius 2 is 2.00 bits per heavy atom. The Hall–Kier alpha value is -1.97. The van der Waals surface area contributed by atoms with Crippen LogP contribution in [0.2, 0.25) is 0 Å². The van der Waals surface area contributed by atoms with Gasteiger partial charge in [-0.15, -0.1) is 0 Å². The topological polar surface area (TPSA) is 61.8 Å². The molecule has 0 bridgehead atoms. The minimum absolute atomic E-state index is 0.307. The van der Waals surface area contributed by atoms with Crippen molar-refractivity contribution in [2.45, 2.75) is 19.3 Å². The van der Waals surface area contributed by atoms with Crippen molar-refractivity contribution in [1.82, 2.24) is 4.90 Å². The van der Waals surface area contributed by atoms with Crippen molar-refractivity contribution in [3.63, 3.8) is 0 Å². The highest BCUT2D eigenvalue weighted by Gasteiger charge is 2.13. The van der Waals surface area contributed by atoms with Gasteiger partial charge in [0.05, 0.1) is 0 Å². The van der Waals surface area contributed by atoms with E-state index < -0.39 is 0 Å². The van der Waals surface area contributed by atoms with Gasteiger partial charge in [-0.25, -0.2) is 0 Å². The van der Waals surface area contributed by atoms with Crippen LogP contribution in [0.4, 0.5) is 0 Å². The zero-order valence-electron chi connectivity index (χ0n) is 11.3. The Balaban J connectivity index is 2.04. The predicted molar refractivity (Wildman–Crippen MR) is 79.1 cm³/mol. The van der Waals surface area contributed by atoms with E-state index in [0.29, 0.717) is 11.7 Å². The van der Waals surface area contributed by atoms with E-state index >= 15 is 0 Å². The fourth-order valence-electron chi connectivity index (χ4n) is 2.33. The number of guanidine groups is 1. The molecule has 1 aliphatic rings. The number of nitrogens with zero attached hydrogens (tertiary/aromatic N) is 2. The molecule has 0 spiro atoms. The van der Waals surface area contributed by atoms with E-state index in [1.54, 1.807) is 19.2 Å². The molecule has 1 aromatic carbocycles. The van der Waals surface area contributed by atoms with Crippen molar-refractivity contribution < 1.29 is 5.11 Å². The molecule has 0 amide bonds. The molecule has 0 saturated carbocycles. The Labute approximate surface area is 114 Å². The van der Waals surface area contributed by atoms with Gasteiger partial charge >= 0.3 is 0 Å². The summed E-state index contributed by atoms with van der Waals surface area (Å²) < 4.78 is 0. The van der Waals surface area contributed by atoms with Gasteiger partial charge in [-0.1, -0.05) is 23.8 Å². The summed E-state index contributed by atoms with van der Waals surface area (Å²) in [7, 11) is 1.73. The Bertz CT molecular complexity index is 477. The fraction of sp³-hybridized carbons (Fsp3) is 0.400. The maximum Gasteiger partial charge on any atom is 0.190 e. The lowest BCUT2D eigenvalue weighted by atomic mass is 10.0. The van der Waals surface area contributed by atoms with E-state index in [1.807, 2.05) is 12.1 Å². The first-order chi connectivity index (χ1) is 9.19. The minimum Gasteiger partial charge on any atom is -0.508 e. The number of phenols is 1. The number of rotatable bonds is 1. The molecular formula is C15H21N3O. The molecule has 2 rings (SSSR count). The molecule has 102 valence electrons. The normalized spacial score (nSPS) is 19.5. The van der Waals surface area contributed by atoms with Crippen LogP contribution in [0.1, 0.15) is 24.8 Å². The standard InChI is InChI=1S/C15H21N3O/c1-17-15(16)18-9-2-3-12(8-10-18)11-13-4-6-14(19)7-5-13/h4-7,11,19H,2-3,8-10H2,1H3,(H2,16,17). The van der Waals surface area contributed by atoms with Crippen molar-refractivity contribution in [2.75, 3.05) is 20.1 Å². The Morgan fingerprint density at radius 3 is 2.68 bits per heavy atom. The summed E-state index contributed by atoms with van der Waals surface area (Å²) in [6.45, 7) is 1.89. The Kier molecular flexibility index (Phi) is 4.44. The average molecular weight is 259 g/mol. The average Bonchev–Trinajstić information content (AvgIpc) is 2.66. The first-order valence-corrected chi connectivity index (χ1v) is 6.64. The van der Waals surface area contributed by atoms with Crippen molar-refractivity contribution in [3.8, 4) is 5.75 Å². The zero-order chi connectivity index (χ0) is 13.7. The van der Waals surface area contributed by atoms with Crippen molar-refractivity contribution >= 4 is 12.0 Å². The molecule has 1 aromatic rings. The molecule has 19 heavy (non-hydrogen) atoms. The van der Waals surface area contributed by atoms with Crippen LogP contribution in [0.3, 0.4) is 0 Å². The van der Waals surface area contributed by atoms with Crippen molar-refractivity contribution in [1.29, 1.82) is 0 Å². The second-order valence-electron chi connectivity index (χ2n) is 4.82. The third kappa shape index (κ3) is 3.74. The summed E-state index contributed by atoms with van der Waals surface area (Å²) in [4.78, 5) is 6.18. The van der Waals surface area contributed by atoms with Crippen LogP contribution in [0.15, 0.2) is 34.8 Å². The van der Waals surface area contributed by atoms with Gasteiger partial charge in [0, 0.05) is 20.1 Å². The number of nitrogens with two attached hydrogens (primary N) is 1. The van der Waals surface area contributed by atoms with Crippen LogP contribution in [0, 0.1) is 0 Å². The van der Waals surface area contributed by atoms with Crippen LogP contribution < -0.4 is 5.73 Å². The molecule has 0 radical (unpaired) electrons. The first kappa shape index (κ1) is 13.5. The van der Waals surface area contributed by atoms with Gasteiger partial charge in [-0.05, 0) is 37.0 Å². The maximum absolute atomic E-state index is 9.28. The number of aliphatic imine (C=N–C) groups is 1. The monoisotopic (exact) mass is 259 g/mol. The number of phenolic OH excluding ortho intramolecular Hbond substituents is 1. The van der Waals surface area contributed by atoms with E-state index in [4.69, 9.17) is 5.73 Å². The van der Waals surface area contributed by atoms with Gasteiger partial charge in [0.2, 0.25) is 0 Å². The highest BCUT2D eigenvalue weighted by Crippen LogP contribution is 2.20. The van der Waals surface area contributed by atoms with Crippen LogP contribution in [0.5, 0.6) is 5.75 Å². The number of hydrogen-bond acceptors (Lipinski definition) is 2. The first-order valence-electron chi connectivity index (χ1n) is 6.64. The number of hydrogen-bond donors (Lipinski definition) is 2. The van der Waals surface area contributed by atoms with Crippen LogP contribution in [-0.2, 0) is 0 Å². The van der Waals surface area contributed by atoms with E-state index in [9.17, 15) is 5.11 Å². The van der Waals surface area contributed by atoms with Gasteiger partial charge < -0.3 is 15.7 Å². The maximum atomic E-state index is 9.28. The van der Waals surface area contributed by atoms with Crippen LogP contribution >= 0.6 is 0 Å². The molecule has 1 saturated heterocycles. The number of benzene rings is 1.